The predicted molar refractivity (Wildman–Crippen MR) is 145 cm³/mol. The predicted octanol–water partition coefficient (Wildman–Crippen LogP) is 6.18. The van der Waals surface area contributed by atoms with Crippen molar-refractivity contribution < 1.29 is 14.3 Å². The number of ether oxygens (including phenoxy) is 2. The first-order chi connectivity index (χ1) is 17.1. The molecular weight excluding hydrogens is 520 g/mol. The molecule has 192 valence electrons. The van der Waals surface area contributed by atoms with Gasteiger partial charge in [-0.25, -0.2) is 9.78 Å². The number of amides is 1. The first-order valence-electron chi connectivity index (χ1n) is 12.3. The van der Waals surface area contributed by atoms with Crippen molar-refractivity contribution in [3.05, 3.63) is 76.0 Å². The normalized spacial score (nSPS) is 15.5. The van der Waals surface area contributed by atoms with E-state index in [1.54, 1.807) is 12.0 Å². The zero-order valence-electron chi connectivity index (χ0n) is 21.4. The van der Waals surface area contributed by atoms with Crippen LogP contribution >= 0.6 is 15.9 Å². The van der Waals surface area contributed by atoms with Crippen molar-refractivity contribution in [3.8, 4) is 5.75 Å². The van der Waals surface area contributed by atoms with E-state index in [0.29, 0.717) is 19.0 Å². The summed E-state index contributed by atoms with van der Waals surface area (Å²) in [6.45, 7) is 6.93. The van der Waals surface area contributed by atoms with Gasteiger partial charge in [-0.15, -0.1) is 0 Å². The van der Waals surface area contributed by atoms with Crippen molar-refractivity contribution >= 4 is 28.0 Å². The number of hydrogen-bond acceptors (Lipinski definition) is 5. The average Bonchev–Trinajstić information content (AvgIpc) is 3.24. The van der Waals surface area contributed by atoms with Crippen LogP contribution in [0.2, 0.25) is 0 Å². The third-order valence-electron chi connectivity index (χ3n) is 6.52. The maximum Gasteiger partial charge on any atom is 0.410 e. The second-order valence-corrected chi connectivity index (χ2v) is 11.2. The van der Waals surface area contributed by atoms with Crippen LogP contribution in [0.3, 0.4) is 0 Å². The Bertz CT molecular complexity index is 1160. The lowest BCUT2D eigenvalue weighted by atomic mass is 9.89. The molecule has 1 aromatic heterocycles. The van der Waals surface area contributed by atoms with Gasteiger partial charge >= 0.3 is 6.09 Å². The van der Waals surface area contributed by atoms with E-state index >= 15 is 0 Å². The fourth-order valence-electron chi connectivity index (χ4n) is 4.63. The topological polar surface area (TPSA) is 82.6 Å². The van der Waals surface area contributed by atoms with Crippen LogP contribution in [0.15, 0.2) is 59.2 Å². The lowest BCUT2D eigenvalue weighted by Crippen LogP contribution is -2.42. The molecule has 1 saturated heterocycles. The number of aromatic nitrogens is 2. The maximum absolute atomic E-state index is 12.5. The largest absolute Gasteiger partial charge is 0.497 e. The first kappa shape index (κ1) is 26.1. The van der Waals surface area contributed by atoms with Crippen molar-refractivity contribution in [1.29, 1.82) is 0 Å². The third-order valence-corrected chi connectivity index (χ3v) is 7.05. The van der Waals surface area contributed by atoms with E-state index < -0.39 is 5.60 Å². The van der Waals surface area contributed by atoms with Gasteiger partial charge in [0.2, 0.25) is 5.95 Å². The van der Waals surface area contributed by atoms with Gasteiger partial charge in [0.1, 0.15) is 11.4 Å². The minimum absolute atomic E-state index is 0.0440. The number of imidazole rings is 1. The van der Waals surface area contributed by atoms with Crippen molar-refractivity contribution in [1.82, 2.24) is 14.5 Å². The lowest BCUT2D eigenvalue weighted by molar-refractivity contribution is 0.0189. The van der Waals surface area contributed by atoms with Gasteiger partial charge in [-0.3, -0.25) is 0 Å². The Morgan fingerprint density at radius 3 is 2.33 bits per heavy atom. The highest BCUT2D eigenvalue weighted by Gasteiger charge is 2.29. The molecule has 8 heteroatoms. The molecule has 2 N–H and O–H groups in total. The van der Waals surface area contributed by atoms with Crippen LogP contribution in [0, 0.1) is 0 Å². The summed E-state index contributed by atoms with van der Waals surface area (Å²) in [7, 11) is 1.67. The second-order valence-electron chi connectivity index (χ2n) is 10.3. The number of halogens is 1. The summed E-state index contributed by atoms with van der Waals surface area (Å²) in [5, 5.41) is 0. The van der Waals surface area contributed by atoms with E-state index in [-0.39, 0.29) is 18.1 Å². The molecule has 1 aliphatic heterocycles. The Hall–Kier alpha value is -3.00. The van der Waals surface area contributed by atoms with Crippen LogP contribution < -0.4 is 10.5 Å². The zero-order valence-corrected chi connectivity index (χ0v) is 23.0. The fraction of sp³-hybridized carbons (Fsp3) is 0.429. The summed E-state index contributed by atoms with van der Waals surface area (Å²) in [6, 6.07) is 16.7. The van der Waals surface area contributed by atoms with Crippen LogP contribution in [0.5, 0.6) is 5.75 Å². The molecule has 1 fully saturated rings. The molecule has 4 rings (SSSR count). The molecular formula is C28H35BrN4O3. The minimum Gasteiger partial charge on any atom is -0.497 e. The molecule has 36 heavy (non-hydrogen) atoms. The Labute approximate surface area is 221 Å². The van der Waals surface area contributed by atoms with Crippen molar-refractivity contribution in [2.45, 2.75) is 57.6 Å². The van der Waals surface area contributed by atoms with Gasteiger partial charge in [0.05, 0.1) is 12.8 Å². The summed E-state index contributed by atoms with van der Waals surface area (Å²) >= 11 is 3.52. The Morgan fingerprint density at radius 2 is 1.75 bits per heavy atom. The number of nitrogens with two attached hydrogens (primary N) is 1. The van der Waals surface area contributed by atoms with Crippen molar-refractivity contribution in [2.24, 2.45) is 0 Å². The number of benzene rings is 2. The maximum atomic E-state index is 12.5. The standard InChI is InChI=1S/C28H35BrN4O3/c1-28(2,3)36-27(34)32-15-13-22(14-16-32)33-18-25(31-26(33)30)24(17-19-5-9-21(29)10-6-19)20-7-11-23(35-4)12-8-20/h5-12,18,22,24H,13-17H2,1-4H3,(H2,30,31). The van der Waals surface area contributed by atoms with E-state index in [9.17, 15) is 4.79 Å². The van der Waals surface area contributed by atoms with Crippen molar-refractivity contribution in [3.63, 3.8) is 0 Å². The molecule has 7 nitrogen and oxygen atoms in total. The molecule has 3 aromatic rings. The van der Waals surface area contributed by atoms with E-state index in [1.165, 1.54) is 5.56 Å². The number of likely N-dealkylation sites (tertiary alicyclic amines) is 1. The van der Waals surface area contributed by atoms with E-state index in [2.05, 4.69) is 63.1 Å². The Kier molecular flexibility index (Phi) is 7.93. The number of hydrogen-bond donors (Lipinski definition) is 1. The van der Waals surface area contributed by atoms with E-state index in [4.69, 9.17) is 20.2 Å². The van der Waals surface area contributed by atoms with Gasteiger partial charge in [-0.2, -0.15) is 0 Å². The van der Waals surface area contributed by atoms with Gasteiger partial charge in [0, 0.05) is 35.7 Å². The smallest absolute Gasteiger partial charge is 0.410 e. The number of carbonyl (C=O) groups is 1. The van der Waals surface area contributed by atoms with Gasteiger partial charge < -0.3 is 24.7 Å². The quantitative estimate of drug-likeness (QED) is 0.393. The number of rotatable bonds is 6. The summed E-state index contributed by atoms with van der Waals surface area (Å²) in [4.78, 5) is 19.1. The molecule has 0 bridgehead atoms. The highest BCUT2D eigenvalue weighted by molar-refractivity contribution is 9.10. The van der Waals surface area contributed by atoms with Crippen molar-refractivity contribution in [2.75, 3.05) is 25.9 Å². The van der Waals surface area contributed by atoms with Crippen LogP contribution in [-0.4, -0.2) is 46.3 Å². The first-order valence-corrected chi connectivity index (χ1v) is 13.1. The SMILES string of the molecule is COc1ccc(C(Cc2ccc(Br)cc2)c2cn(C3CCN(C(=O)OC(C)(C)C)CC3)c(N)n2)cc1. The highest BCUT2D eigenvalue weighted by Crippen LogP contribution is 2.33. The summed E-state index contributed by atoms with van der Waals surface area (Å²) < 4.78 is 14.0. The van der Waals surface area contributed by atoms with Crippen LogP contribution in [-0.2, 0) is 11.2 Å². The number of nitrogen functional groups attached to an aromatic ring is 1. The van der Waals surface area contributed by atoms with Crippen LogP contribution in [0.1, 0.15) is 62.4 Å². The highest BCUT2D eigenvalue weighted by atomic mass is 79.9. The summed E-state index contributed by atoms with van der Waals surface area (Å²) in [6.07, 6.45) is 4.25. The molecule has 1 unspecified atom stereocenters. The number of methoxy groups -OCH3 is 1. The number of piperidine rings is 1. The third kappa shape index (κ3) is 6.40. The molecule has 2 heterocycles. The number of nitrogens with zero attached hydrogens (tertiary/aromatic N) is 3. The molecule has 0 spiro atoms. The molecule has 1 aliphatic rings. The Balaban J connectivity index is 1.54. The minimum atomic E-state index is -0.497. The monoisotopic (exact) mass is 554 g/mol. The van der Waals surface area contributed by atoms with Gasteiger partial charge in [-0.1, -0.05) is 40.2 Å². The molecule has 1 amide bonds. The number of anilines is 1. The number of carbonyl (C=O) groups excluding carboxylic acids is 1. The Morgan fingerprint density at radius 1 is 1.11 bits per heavy atom. The fourth-order valence-corrected chi connectivity index (χ4v) is 4.89. The lowest BCUT2D eigenvalue weighted by Gasteiger charge is -2.34. The molecule has 1 atom stereocenters. The summed E-state index contributed by atoms with van der Waals surface area (Å²) in [5.41, 5.74) is 9.26. The van der Waals surface area contributed by atoms with Crippen LogP contribution in [0.4, 0.5) is 10.7 Å². The molecule has 0 aliphatic carbocycles. The van der Waals surface area contributed by atoms with E-state index in [1.807, 2.05) is 32.9 Å². The summed E-state index contributed by atoms with van der Waals surface area (Å²) in [5.74, 6) is 1.38. The molecule has 2 aromatic carbocycles. The van der Waals surface area contributed by atoms with Gasteiger partial charge in [0.25, 0.3) is 0 Å². The zero-order chi connectivity index (χ0) is 25.9. The van der Waals surface area contributed by atoms with Gasteiger partial charge in [-0.05, 0) is 75.4 Å². The van der Waals surface area contributed by atoms with Gasteiger partial charge in [0.15, 0.2) is 0 Å². The molecule has 0 saturated carbocycles. The average molecular weight is 556 g/mol. The molecule has 0 radical (unpaired) electrons. The van der Waals surface area contributed by atoms with Crippen LogP contribution in [0.25, 0.3) is 0 Å². The second kappa shape index (κ2) is 10.9. The van der Waals surface area contributed by atoms with E-state index in [0.717, 1.165) is 40.7 Å².